The van der Waals surface area contributed by atoms with Crippen LogP contribution < -0.4 is 14.8 Å². The van der Waals surface area contributed by atoms with E-state index in [9.17, 15) is 13.2 Å². The first kappa shape index (κ1) is 19.6. The van der Waals surface area contributed by atoms with Crippen LogP contribution in [0.1, 0.15) is 10.7 Å². The van der Waals surface area contributed by atoms with Crippen LogP contribution in [-0.2, 0) is 21.2 Å². The van der Waals surface area contributed by atoms with E-state index >= 15 is 0 Å². The highest BCUT2D eigenvalue weighted by Gasteiger charge is 2.25. The van der Waals surface area contributed by atoms with Gasteiger partial charge in [0.2, 0.25) is 15.9 Å². The summed E-state index contributed by atoms with van der Waals surface area (Å²) in [6.45, 7) is 2.85. The monoisotopic (exact) mass is 411 g/mol. The number of likely N-dealkylation sites (N-methyl/N-ethyl adjacent to an activating group) is 1. The molecule has 1 amide bonds. The largest absolute Gasteiger partial charge is 0.486 e. The van der Waals surface area contributed by atoms with Gasteiger partial charge < -0.3 is 14.8 Å². The van der Waals surface area contributed by atoms with Gasteiger partial charge in [0.25, 0.3) is 0 Å². The summed E-state index contributed by atoms with van der Waals surface area (Å²) in [6, 6.07) is 4.43. The van der Waals surface area contributed by atoms with Crippen molar-refractivity contribution in [1.29, 1.82) is 0 Å². The molecule has 1 aromatic carbocycles. The van der Waals surface area contributed by atoms with Crippen molar-refractivity contribution < 1.29 is 22.7 Å². The molecule has 0 radical (unpaired) electrons. The number of aromatic nitrogens is 1. The van der Waals surface area contributed by atoms with Crippen molar-refractivity contribution in [2.45, 2.75) is 18.2 Å². The summed E-state index contributed by atoms with van der Waals surface area (Å²) < 4.78 is 37.2. The van der Waals surface area contributed by atoms with E-state index in [1.807, 2.05) is 12.3 Å². The molecule has 1 aliphatic rings. The number of amides is 1. The fourth-order valence-corrected chi connectivity index (χ4v) is 4.35. The van der Waals surface area contributed by atoms with Crippen molar-refractivity contribution in [1.82, 2.24) is 14.6 Å². The standard InChI is InChI=1S/C17H21N3O5S2/c1-12-19-13(11-26-12)5-6-18-17(21)10-20(2)27(22,23)14-3-4-15-16(9-14)25-8-7-24-15/h3-4,9,11H,5-8,10H2,1-2H3,(H,18,21). The van der Waals surface area contributed by atoms with E-state index < -0.39 is 10.0 Å². The average Bonchev–Trinajstić information content (AvgIpc) is 3.06. The number of nitrogens with one attached hydrogen (secondary N) is 1. The van der Waals surface area contributed by atoms with Gasteiger partial charge in [-0.3, -0.25) is 4.79 Å². The van der Waals surface area contributed by atoms with Crippen LogP contribution in [-0.4, -0.2) is 57.0 Å². The number of hydrogen-bond acceptors (Lipinski definition) is 7. The van der Waals surface area contributed by atoms with Gasteiger partial charge in [0, 0.05) is 31.5 Å². The van der Waals surface area contributed by atoms with E-state index in [-0.39, 0.29) is 17.3 Å². The molecule has 3 rings (SSSR count). The normalized spacial score (nSPS) is 13.6. The Morgan fingerprint density at radius 3 is 2.74 bits per heavy atom. The molecule has 8 nitrogen and oxygen atoms in total. The van der Waals surface area contributed by atoms with Crippen LogP contribution in [0, 0.1) is 6.92 Å². The summed E-state index contributed by atoms with van der Waals surface area (Å²) in [7, 11) is -2.44. The van der Waals surface area contributed by atoms with Gasteiger partial charge in [0.1, 0.15) is 13.2 Å². The Balaban J connectivity index is 1.57. The predicted octanol–water partition coefficient (Wildman–Crippen LogP) is 1.20. The van der Waals surface area contributed by atoms with Gasteiger partial charge in [-0.25, -0.2) is 13.4 Å². The molecule has 1 N–H and O–H groups in total. The van der Waals surface area contributed by atoms with Gasteiger partial charge >= 0.3 is 0 Å². The van der Waals surface area contributed by atoms with E-state index in [2.05, 4.69) is 10.3 Å². The van der Waals surface area contributed by atoms with Crippen LogP contribution in [0.25, 0.3) is 0 Å². The number of aryl methyl sites for hydroxylation is 1. The summed E-state index contributed by atoms with van der Waals surface area (Å²) >= 11 is 1.55. The molecule has 27 heavy (non-hydrogen) atoms. The molecule has 0 spiro atoms. The molecule has 10 heteroatoms. The zero-order chi connectivity index (χ0) is 19.4. The first-order chi connectivity index (χ1) is 12.9. The maximum absolute atomic E-state index is 12.7. The van der Waals surface area contributed by atoms with Crippen molar-refractivity contribution in [3.63, 3.8) is 0 Å². The second kappa shape index (κ2) is 8.24. The molecular weight excluding hydrogens is 390 g/mol. The maximum atomic E-state index is 12.7. The number of ether oxygens (including phenoxy) is 2. The topological polar surface area (TPSA) is 97.8 Å². The van der Waals surface area contributed by atoms with Crippen molar-refractivity contribution in [3.05, 3.63) is 34.3 Å². The van der Waals surface area contributed by atoms with E-state index in [0.29, 0.717) is 37.7 Å². The Kier molecular flexibility index (Phi) is 5.98. The molecule has 0 atom stereocenters. The van der Waals surface area contributed by atoms with Crippen LogP contribution in [0.15, 0.2) is 28.5 Å². The molecule has 0 saturated heterocycles. The zero-order valence-electron chi connectivity index (χ0n) is 15.1. The summed E-state index contributed by atoms with van der Waals surface area (Å²) in [5.41, 5.74) is 0.912. The number of sulfonamides is 1. The smallest absolute Gasteiger partial charge is 0.243 e. The first-order valence-corrected chi connectivity index (χ1v) is 10.7. The number of hydrogen-bond donors (Lipinski definition) is 1. The predicted molar refractivity (Wildman–Crippen MR) is 101 cm³/mol. The fourth-order valence-electron chi connectivity index (χ4n) is 2.56. The number of rotatable bonds is 7. The second-order valence-electron chi connectivity index (χ2n) is 6.02. The Labute approximate surface area is 162 Å². The fraction of sp³-hybridized carbons (Fsp3) is 0.412. The van der Waals surface area contributed by atoms with E-state index in [0.717, 1.165) is 15.0 Å². The highest BCUT2D eigenvalue weighted by molar-refractivity contribution is 7.89. The second-order valence-corrected chi connectivity index (χ2v) is 9.13. The van der Waals surface area contributed by atoms with Crippen LogP contribution in [0.5, 0.6) is 11.5 Å². The zero-order valence-corrected chi connectivity index (χ0v) is 16.7. The minimum Gasteiger partial charge on any atom is -0.486 e. The lowest BCUT2D eigenvalue weighted by Crippen LogP contribution is -2.39. The molecule has 1 aromatic heterocycles. The molecule has 0 unspecified atom stereocenters. The van der Waals surface area contributed by atoms with Gasteiger partial charge in [-0.1, -0.05) is 0 Å². The maximum Gasteiger partial charge on any atom is 0.243 e. The van der Waals surface area contributed by atoms with E-state index in [4.69, 9.17) is 9.47 Å². The molecule has 2 aromatic rings. The van der Waals surface area contributed by atoms with Crippen molar-refractivity contribution in [2.75, 3.05) is 33.4 Å². The summed E-state index contributed by atoms with van der Waals surface area (Å²) in [4.78, 5) is 16.5. The van der Waals surface area contributed by atoms with Crippen LogP contribution >= 0.6 is 11.3 Å². The minimum absolute atomic E-state index is 0.0556. The molecule has 0 fully saturated rings. The number of nitrogens with zero attached hydrogens (tertiary/aromatic N) is 2. The number of fused-ring (bicyclic) bond motifs is 1. The molecule has 2 heterocycles. The van der Waals surface area contributed by atoms with Gasteiger partial charge in [-0.05, 0) is 19.1 Å². The number of carbonyl (C=O) groups excluding carboxylic acids is 1. The lowest BCUT2D eigenvalue weighted by molar-refractivity contribution is -0.121. The number of benzene rings is 1. The SMILES string of the molecule is Cc1nc(CCNC(=O)CN(C)S(=O)(=O)c2ccc3c(c2)OCCO3)cs1. The highest BCUT2D eigenvalue weighted by Crippen LogP contribution is 2.32. The van der Waals surface area contributed by atoms with E-state index in [1.54, 1.807) is 17.4 Å². The van der Waals surface area contributed by atoms with Crippen LogP contribution in [0.2, 0.25) is 0 Å². The number of thiazole rings is 1. The van der Waals surface area contributed by atoms with Gasteiger partial charge in [-0.2, -0.15) is 4.31 Å². The third-order valence-electron chi connectivity index (χ3n) is 3.96. The van der Waals surface area contributed by atoms with Crippen LogP contribution in [0.3, 0.4) is 0 Å². The average molecular weight is 412 g/mol. The quantitative estimate of drug-likeness (QED) is 0.735. The molecule has 0 aliphatic carbocycles. The Morgan fingerprint density at radius 1 is 1.30 bits per heavy atom. The lowest BCUT2D eigenvalue weighted by atomic mass is 10.3. The van der Waals surface area contributed by atoms with Crippen LogP contribution in [0.4, 0.5) is 0 Å². The van der Waals surface area contributed by atoms with E-state index in [1.165, 1.54) is 19.2 Å². The van der Waals surface area contributed by atoms with Crippen molar-refractivity contribution >= 4 is 27.3 Å². The van der Waals surface area contributed by atoms with Gasteiger partial charge in [0.15, 0.2) is 11.5 Å². The van der Waals surface area contributed by atoms with Crippen molar-refractivity contribution in [3.8, 4) is 11.5 Å². The Bertz CT molecular complexity index is 926. The summed E-state index contributed by atoms with van der Waals surface area (Å²) in [6.07, 6.45) is 0.606. The first-order valence-electron chi connectivity index (χ1n) is 8.40. The molecule has 0 saturated carbocycles. The molecule has 1 aliphatic heterocycles. The molecular formula is C17H21N3O5S2. The van der Waals surface area contributed by atoms with Gasteiger partial charge in [0.05, 0.1) is 22.1 Å². The Hall–Kier alpha value is -2.17. The minimum atomic E-state index is -3.82. The molecule has 0 bridgehead atoms. The number of carbonyl (C=O) groups is 1. The van der Waals surface area contributed by atoms with Crippen molar-refractivity contribution in [2.24, 2.45) is 0 Å². The van der Waals surface area contributed by atoms with Gasteiger partial charge in [-0.15, -0.1) is 11.3 Å². The molecule has 146 valence electrons. The summed E-state index contributed by atoms with van der Waals surface area (Å²) in [5.74, 6) is 0.530. The highest BCUT2D eigenvalue weighted by atomic mass is 32.2. The third-order valence-corrected chi connectivity index (χ3v) is 6.58. The third kappa shape index (κ3) is 4.76. The Morgan fingerprint density at radius 2 is 2.04 bits per heavy atom. The summed E-state index contributed by atoms with van der Waals surface area (Å²) in [5, 5.41) is 5.64. The lowest BCUT2D eigenvalue weighted by Gasteiger charge is -2.21.